The van der Waals surface area contributed by atoms with Gasteiger partial charge in [0.05, 0.1) is 17.5 Å². The SMILES string of the molecule is C=CCn1c(Cn2nnc3ccccc32)nnc1SCC(=O)NN=Cc1cccc(Cl)c1. The maximum Gasteiger partial charge on any atom is 0.250 e. The Morgan fingerprint density at radius 3 is 2.91 bits per heavy atom. The molecule has 0 aliphatic heterocycles. The van der Waals surface area contributed by atoms with Crippen molar-refractivity contribution in [2.24, 2.45) is 5.10 Å². The van der Waals surface area contributed by atoms with E-state index < -0.39 is 0 Å². The lowest BCUT2D eigenvalue weighted by molar-refractivity contribution is -0.118. The molecule has 32 heavy (non-hydrogen) atoms. The molecule has 0 saturated carbocycles. The molecule has 9 nitrogen and oxygen atoms in total. The van der Waals surface area contributed by atoms with Crippen LogP contribution in [0.25, 0.3) is 11.0 Å². The molecule has 0 bridgehead atoms. The molecule has 4 aromatic rings. The van der Waals surface area contributed by atoms with Gasteiger partial charge < -0.3 is 4.57 Å². The molecule has 0 saturated heterocycles. The van der Waals surface area contributed by atoms with Crippen molar-refractivity contribution < 1.29 is 4.79 Å². The van der Waals surface area contributed by atoms with Crippen molar-refractivity contribution in [1.29, 1.82) is 0 Å². The highest BCUT2D eigenvalue weighted by Crippen LogP contribution is 2.19. The number of hydrogen-bond acceptors (Lipinski definition) is 7. The van der Waals surface area contributed by atoms with Gasteiger partial charge in [0.1, 0.15) is 12.1 Å². The Balaban J connectivity index is 1.40. The third kappa shape index (κ3) is 5.21. The first kappa shape index (κ1) is 21.7. The summed E-state index contributed by atoms with van der Waals surface area (Å²) < 4.78 is 3.67. The summed E-state index contributed by atoms with van der Waals surface area (Å²) in [7, 11) is 0. The van der Waals surface area contributed by atoms with E-state index in [1.807, 2.05) is 41.0 Å². The molecule has 1 amide bonds. The Morgan fingerprint density at radius 2 is 2.06 bits per heavy atom. The van der Waals surface area contributed by atoms with Gasteiger partial charge in [-0.15, -0.1) is 21.9 Å². The van der Waals surface area contributed by atoms with Gasteiger partial charge in [-0.05, 0) is 29.8 Å². The molecule has 0 aliphatic carbocycles. The van der Waals surface area contributed by atoms with Gasteiger partial charge in [0, 0.05) is 11.6 Å². The van der Waals surface area contributed by atoms with E-state index in [9.17, 15) is 4.79 Å². The number of nitrogens with zero attached hydrogens (tertiary/aromatic N) is 7. The fraction of sp³-hybridized carbons (Fsp3) is 0.143. The maximum atomic E-state index is 12.2. The number of carbonyl (C=O) groups excluding carboxylic acids is 1. The van der Waals surface area contributed by atoms with Gasteiger partial charge in [-0.25, -0.2) is 10.1 Å². The zero-order valence-electron chi connectivity index (χ0n) is 16.9. The second-order valence-electron chi connectivity index (χ2n) is 6.67. The van der Waals surface area contributed by atoms with E-state index in [-0.39, 0.29) is 11.7 Å². The summed E-state index contributed by atoms with van der Waals surface area (Å²) in [5, 5.41) is 22.1. The number of thioether (sulfide) groups is 1. The molecule has 2 heterocycles. The minimum Gasteiger partial charge on any atom is -0.301 e. The molecule has 2 aromatic carbocycles. The van der Waals surface area contributed by atoms with Crippen molar-refractivity contribution >= 4 is 46.5 Å². The molecule has 0 fully saturated rings. The minimum atomic E-state index is -0.259. The fourth-order valence-corrected chi connectivity index (χ4v) is 3.91. The van der Waals surface area contributed by atoms with Crippen LogP contribution >= 0.6 is 23.4 Å². The molecule has 0 radical (unpaired) electrons. The second-order valence-corrected chi connectivity index (χ2v) is 8.05. The van der Waals surface area contributed by atoms with Crippen LogP contribution in [0.1, 0.15) is 11.4 Å². The van der Waals surface area contributed by atoms with E-state index in [0.29, 0.717) is 29.1 Å². The fourth-order valence-electron chi connectivity index (χ4n) is 2.95. The highest BCUT2D eigenvalue weighted by molar-refractivity contribution is 7.99. The summed E-state index contributed by atoms with van der Waals surface area (Å²) in [5.41, 5.74) is 5.02. The number of benzene rings is 2. The van der Waals surface area contributed by atoms with Crippen LogP contribution in [-0.4, -0.2) is 47.6 Å². The zero-order chi connectivity index (χ0) is 22.3. The van der Waals surface area contributed by atoms with Crippen molar-refractivity contribution in [1.82, 2.24) is 35.2 Å². The Bertz CT molecular complexity index is 1280. The summed E-state index contributed by atoms with van der Waals surface area (Å²) in [6, 6.07) is 14.9. The van der Waals surface area contributed by atoms with Crippen LogP contribution in [-0.2, 0) is 17.9 Å². The molecular weight excluding hydrogens is 448 g/mol. The van der Waals surface area contributed by atoms with Crippen molar-refractivity contribution in [3.8, 4) is 0 Å². The average Bonchev–Trinajstić information content (AvgIpc) is 3.37. The number of para-hydroxylation sites is 1. The normalized spacial score (nSPS) is 11.3. The summed E-state index contributed by atoms with van der Waals surface area (Å²) in [6.45, 7) is 4.71. The molecule has 162 valence electrons. The predicted octanol–water partition coefficient (Wildman–Crippen LogP) is 3.15. The third-order valence-electron chi connectivity index (χ3n) is 4.40. The maximum absolute atomic E-state index is 12.2. The van der Waals surface area contributed by atoms with E-state index in [4.69, 9.17) is 11.6 Å². The second kappa shape index (κ2) is 10.2. The number of amides is 1. The molecule has 0 unspecified atom stereocenters. The summed E-state index contributed by atoms with van der Waals surface area (Å²) in [4.78, 5) is 12.2. The van der Waals surface area contributed by atoms with Crippen molar-refractivity contribution in [2.75, 3.05) is 5.75 Å². The highest BCUT2D eigenvalue weighted by Gasteiger charge is 2.15. The van der Waals surface area contributed by atoms with Crippen LogP contribution in [0, 0.1) is 0 Å². The molecule has 1 N–H and O–H groups in total. The highest BCUT2D eigenvalue weighted by atomic mass is 35.5. The molecule has 0 spiro atoms. The first-order valence-corrected chi connectivity index (χ1v) is 11.0. The number of fused-ring (bicyclic) bond motifs is 1. The monoisotopic (exact) mass is 466 g/mol. The van der Waals surface area contributed by atoms with Gasteiger partial charge in [0.25, 0.3) is 5.91 Å². The largest absolute Gasteiger partial charge is 0.301 e. The van der Waals surface area contributed by atoms with Crippen LogP contribution in [0.2, 0.25) is 5.02 Å². The molecule has 0 atom stereocenters. The quantitative estimate of drug-likeness (QED) is 0.176. The minimum absolute atomic E-state index is 0.133. The lowest BCUT2D eigenvalue weighted by Gasteiger charge is -2.07. The average molecular weight is 467 g/mol. The number of carbonyl (C=O) groups is 1. The molecule has 2 aromatic heterocycles. The van der Waals surface area contributed by atoms with Gasteiger partial charge in [0.15, 0.2) is 11.0 Å². The molecule has 0 aliphatic rings. The first-order valence-electron chi connectivity index (χ1n) is 9.65. The standard InChI is InChI=1S/C21H19ClN8OS/c1-2-10-29-19(13-30-18-9-4-3-8-17(18)24-28-30)25-27-21(29)32-14-20(31)26-23-12-15-6-5-7-16(22)11-15/h2-9,11-12H,1,10,13-14H2,(H,26,31). The van der Waals surface area contributed by atoms with E-state index >= 15 is 0 Å². The van der Waals surface area contributed by atoms with E-state index in [0.717, 1.165) is 16.6 Å². The number of hydrogen-bond donors (Lipinski definition) is 1. The van der Waals surface area contributed by atoms with E-state index in [1.54, 1.807) is 22.9 Å². The Hall–Kier alpha value is -3.50. The van der Waals surface area contributed by atoms with Gasteiger partial charge in [-0.3, -0.25) is 4.79 Å². The Kier molecular flexibility index (Phi) is 6.93. The first-order chi connectivity index (χ1) is 15.6. The zero-order valence-corrected chi connectivity index (χ0v) is 18.5. The Labute approximate surface area is 193 Å². The number of rotatable bonds is 9. The summed E-state index contributed by atoms with van der Waals surface area (Å²) in [6.07, 6.45) is 3.29. The van der Waals surface area contributed by atoms with Crippen molar-refractivity contribution in [3.63, 3.8) is 0 Å². The van der Waals surface area contributed by atoms with Gasteiger partial charge >= 0.3 is 0 Å². The van der Waals surface area contributed by atoms with Crippen LogP contribution in [0.15, 0.2) is 71.4 Å². The van der Waals surface area contributed by atoms with Crippen LogP contribution in [0.4, 0.5) is 0 Å². The lowest BCUT2D eigenvalue weighted by Crippen LogP contribution is -2.20. The van der Waals surface area contributed by atoms with Crippen molar-refractivity contribution in [3.05, 3.63) is 77.6 Å². The van der Waals surface area contributed by atoms with Gasteiger partial charge in [-0.2, -0.15) is 5.10 Å². The molecule has 11 heteroatoms. The van der Waals surface area contributed by atoms with E-state index in [1.165, 1.54) is 18.0 Å². The van der Waals surface area contributed by atoms with Crippen molar-refractivity contribution in [2.45, 2.75) is 18.2 Å². The number of aromatic nitrogens is 6. The smallest absolute Gasteiger partial charge is 0.250 e. The number of halogens is 1. The third-order valence-corrected chi connectivity index (χ3v) is 5.60. The van der Waals surface area contributed by atoms with Crippen LogP contribution < -0.4 is 5.43 Å². The van der Waals surface area contributed by atoms with Crippen LogP contribution in [0.5, 0.6) is 0 Å². The lowest BCUT2D eigenvalue weighted by atomic mass is 10.2. The Morgan fingerprint density at radius 1 is 1.19 bits per heavy atom. The predicted molar refractivity (Wildman–Crippen MR) is 125 cm³/mol. The van der Waals surface area contributed by atoms with E-state index in [2.05, 4.69) is 37.6 Å². The number of hydrazone groups is 1. The molecule has 4 rings (SSSR count). The van der Waals surface area contributed by atoms with Gasteiger partial charge in [0.2, 0.25) is 0 Å². The number of nitrogens with one attached hydrogen (secondary N) is 1. The number of allylic oxidation sites excluding steroid dienone is 1. The topological polar surface area (TPSA) is 103 Å². The summed E-state index contributed by atoms with van der Waals surface area (Å²) in [5.74, 6) is 0.571. The molecular formula is C21H19ClN8OS. The summed E-state index contributed by atoms with van der Waals surface area (Å²) >= 11 is 7.21. The van der Waals surface area contributed by atoms with Crippen LogP contribution in [0.3, 0.4) is 0 Å². The van der Waals surface area contributed by atoms with Gasteiger partial charge in [-0.1, -0.05) is 58.9 Å².